The van der Waals surface area contributed by atoms with Crippen molar-refractivity contribution in [3.05, 3.63) is 30.1 Å². The number of pyridine rings is 1. The summed E-state index contributed by atoms with van der Waals surface area (Å²) >= 11 is 0. The van der Waals surface area contributed by atoms with Gasteiger partial charge in [0.25, 0.3) is 0 Å². The molecule has 0 aliphatic carbocycles. The minimum Gasteiger partial charge on any atom is -0.376 e. The van der Waals surface area contributed by atoms with E-state index >= 15 is 0 Å². The molecule has 0 aliphatic rings. The zero-order valence-electron chi connectivity index (χ0n) is 11.1. The lowest BCUT2D eigenvalue weighted by atomic mass is 10.3. The summed E-state index contributed by atoms with van der Waals surface area (Å²) in [7, 11) is -3.63. The van der Waals surface area contributed by atoms with E-state index in [2.05, 4.69) is 4.98 Å². The van der Waals surface area contributed by atoms with Crippen LogP contribution in [-0.4, -0.2) is 22.3 Å². The monoisotopic (exact) mass is 273 g/mol. The number of aromatic nitrogens is 1. The van der Waals surface area contributed by atoms with Gasteiger partial charge in [0.1, 0.15) is 0 Å². The summed E-state index contributed by atoms with van der Waals surface area (Å²) in [6, 6.07) is 3.30. The van der Waals surface area contributed by atoms with Crippen molar-refractivity contribution in [1.29, 1.82) is 0 Å². The first-order chi connectivity index (χ1) is 8.35. The summed E-state index contributed by atoms with van der Waals surface area (Å²) in [5, 5.41) is 10.2. The quantitative estimate of drug-likeness (QED) is 0.806. The lowest BCUT2D eigenvalue weighted by Crippen LogP contribution is -2.13. The lowest BCUT2D eigenvalue weighted by Gasteiger charge is -2.26. The van der Waals surface area contributed by atoms with Crippen molar-refractivity contribution in [2.45, 2.75) is 45.7 Å². The van der Waals surface area contributed by atoms with E-state index in [9.17, 15) is 9.67 Å². The number of hydrogen-bond acceptors (Lipinski definition) is 5. The van der Waals surface area contributed by atoms with Gasteiger partial charge >= 0.3 is 7.60 Å². The Morgan fingerprint density at radius 1 is 1.22 bits per heavy atom. The summed E-state index contributed by atoms with van der Waals surface area (Å²) in [6.07, 6.45) is 2.42. The molecule has 0 bridgehead atoms. The maximum atomic E-state index is 12.6. The normalized spacial score (nSPS) is 14.2. The fraction of sp³-hybridized carbons (Fsp3) is 0.583. The van der Waals surface area contributed by atoms with E-state index in [-0.39, 0.29) is 12.2 Å². The molecular weight excluding hydrogens is 253 g/mol. The SMILES string of the molecule is CC(C)OP(=O)(OC(C)C)[C@@H](O)c1cccnc1. The van der Waals surface area contributed by atoms with Crippen LogP contribution in [0.2, 0.25) is 0 Å². The topological polar surface area (TPSA) is 68.7 Å². The number of aliphatic hydroxyl groups excluding tert-OH is 1. The van der Waals surface area contributed by atoms with Gasteiger partial charge in [0.05, 0.1) is 12.2 Å². The van der Waals surface area contributed by atoms with Crippen molar-refractivity contribution < 1.29 is 18.7 Å². The van der Waals surface area contributed by atoms with E-state index in [4.69, 9.17) is 9.05 Å². The van der Waals surface area contributed by atoms with Gasteiger partial charge in [-0.15, -0.1) is 0 Å². The number of aliphatic hydroxyl groups is 1. The second-order valence-corrected chi connectivity index (χ2v) is 6.50. The highest BCUT2D eigenvalue weighted by Gasteiger charge is 2.38. The first kappa shape index (κ1) is 15.3. The van der Waals surface area contributed by atoms with Gasteiger partial charge in [0.15, 0.2) is 5.85 Å². The molecule has 0 fully saturated rings. The molecular formula is C12H20NO4P. The maximum Gasteiger partial charge on any atom is 0.363 e. The minimum atomic E-state index is -3.63. The molecule has 1 atom stereocenters. The Morgan fingerprint density at radius 2 is 1.78 bits per heavy atom. The Kier molecular flexibility index (Phi) is 5.47. The van der Waals surface area contributed by atoms with Gasteiger partial charge in [-0.25, -0.2) is 0 Å². The average Bonchev–Trinajstić information content (AvgIpc) is 2.27. The second kappa shape index (κ2) is 6.43. The predicted octanol–water partition coefficient (Wildman–Crippen LogP) is 3.12. The molecule has 0 saturated heterocycles. The standard InChI is InChI=1S/C12H20NO4P/c1-9(2)16-18(15,17-10(3)4)12(14)11-6-5-7-13-8-11/h5-10,12,14H,1-4H3/t12-/m1/s1. The Labute approximate surface area is 108 Å². The van der Waals surface area contributed by atoms with Gasteiger partial charge in [0.2, 0.25) is 0 Å². The van der Waals surface area contributed by atoms with Gasteiger partial charge in [0, 0.05) is 18.0 Å². The summed E-state index contributed by atoms with van der Waals surface area (Å²) in [5.74, 6) is -1.32. The lowest BCUT2D eigenvalue weighted by molar-refractivity contribution is 0.101. The molecule has 102 valence electrons. The summed E-state index contributed by atoms with van der Waals surface area (Å²) in [4.78, 5) is 3.89. The fourth-order valence-corrected chi connectivity index (χ4v) is 3.41. The van der Waals surface area contributed by atoms with Crippen LogP contribution in [0.25, 0.3) is 0 Å². The van der Waals surface area contributed by atoms with Crippen LogP contribution in [0.1, 0.15) is 39.1 Å². The molecule has 0 saturated carbocycles. The summed E-state index contributed by atoms with van der Waals surface area (Å²) < 4.78 is 23.3. The molecule has 5 nitrogen and oxygen atoms in total. The maximum absolute atomic E-state index is 12.6. The number of hydrogen-bond donors (Lipinski definition) is 1. The zero-order valence-corrected chi connectivity index (χ0v) is 12.0. The summed E-state index contributed by atoms with van der Waals surface area (Å²) in [5.41, 5.74) is 0.419. The third kappa shape index (κ3) is 4.18. The first-order valence-electron chi connectivity index (χ1n) is 5.89. The molecule has 1 rings (SSSR count). The highest BCUT2D eigenvalue weighted by atomic mass is 31.2. The van der Waals surface area contributed by atoms with Crippen LogP contribution < -0.4 is 0 Å². The Bertz CT molecular complexity index is 394. The van der Waals surface area contributed by atoms with Crippen LogP contribution in [0.3, 0.4) is 0 Å². The first-order valence-corrected chi connectivity index (χ1v) is 7.51. The van der Waals surface area contributed by atoms with Crippen LogP contribution in [0.4, 0.5) is 0 Å². The van der Waals surface area contributed by atoms with Gasteiger partial charge in [-0.05, 0) is 33.8 Å². The molecule has 1 aromatic rings. The zero-order chi connectivity index (χ0) is 13.8. The third-order valence-electron chi connectivity index (χ3n) is 2.00. The smallest absolute Gasteiger partial charge is 0.363 e. The van der Waals surface area contributed by atoms with Crippen LogP contribution in [0.5, 0.6) is 0 Å². The average molecular weight is 273 g/mol. The molecule has 1 aromatic heterocycles. The molecule has 18 heavy (non-hydrogen) atoms. The second-order valence-electron chi connectivity index (χ2n) is 4.51. The highest BCUT2D eigenvalue weighted by molar-refractivity contribution is 7.54. The Hall–Kier alpha value is -0.740. The van der Waals surface area contributed by atoms with Crippen molar-refractivity contribution in [1.82, 2.24) is 4.98 Å². The molecule has 0 aliphatic heterocycles. The van der Waals surface area contributed by atoms with E-state index in [0.29, 0.717) is 5.56 Å². The molecule has 1 N–H and O–H groups in total. The Morgan fingerprint density at radius 3 is 2.17 bits per heavy atom. The van der Waals surface area contributed by atoms with Crippen molar-refractivity contribution in [3.63, 3.8) is 0 Å². The van der Waals surface area contributed by atoms with Gasteiger partial charge in [-0.3, -0.25) is 9.55 Å². The largest absolute Gasteiger partial charge is 0.376 e. The van der Waals surface area contributed by atoms with Crippen molar-refractivity contribution >= 4 is 7.60 Å². The van der Waals surface area contributed by atoms with Crippen LogP contribution >= 0.6 is 7.60 Å². The van der Waals surface area contributed by atoms with Crippen LogP contribution in [0, 0.1) is 0 Å². The van der Waals surface area contributed by atoms with Gasteiger partial charge in [-0.1, -0.05) is 6.07 Å². The van der Waals surface area contributed by atoms with E-state index < -0.39 is 13.4 Å². The molecule has 0 spiro atoms. The van der Waals surface area contributed by atoms with Crippen molar-refractivity contribution in [3.8, 4) is 0 Å². The molecule has 6 heteroatoms. The fourth-order valence-electron chi connectivity index (χ4n) is 1.44. The van der Waals surface area contributed by atoms with Crippen molar-refractivity contribution in [2.75, 3.05) is 0 Å². The van der Waals surface area contributed by atoms with E-state index in [0.717, 1.165) is 0 Å². The van der Waals surface area contributed by atoms with Gasteiger partial charge in [-0.2, -0.15) is 0 Å². The van der Waals surface area contributed by atoms with E-state index in [1.807, 2.05) is 0 Å². The summed E-state index contributed by atoms with van der Waals surface area (Å²) in [6.45, 7) is 6.97. The minimum absolute atomic E-state index is 0.305. The molecule has 0 radical (unpaired) electrons. The van der Waals surface area contributed by atoms with E-state index in [1.165, 1.54) is 6.20 Å². The van der Waals surface area contributed by atoms with Crippen LogP contribution in [0.15, 0.2) is 24.5 Å². The molecule has 0 unspecified atom stereocenters. The van der Waals surface area contributed by atoms with E-state index in [1.54, 1.807) is 46.0 Å². The van der Waals surface area contributed by atoms with Crippen LogP contribution in [-0.2, 0) is 13.6 Å². The molecule has 0 aromatic carbocycles. The molecule has 1 heterocycles. The third-order valence-corrected chi connectivity index (χ3v) is 4.33. The van der Waals surface area contributed by atoms with Gasteiger partial charge < -0.3 is 14.2 Å². The Balaban J connectivity index is 2.99. The number of rotatable bonds is 6. The highest BCUT2D eigenvalue weighted by Crippen LogP contribution is 2.61. The number of nitrogens with zero attached hydrogens (tertiary/aromatic N) is 1. The molecule has 0 amide bonds. The van der Waals surface area contributed by atoms with Crippen molar-refractivity contribution in [2.24, 2.45) is 0 Å². The predicted molar refractivity (Wildman–Crippen MR) is 69.2 cm³/mol.